The van der Waals surface area contributed by atoms with E-state index in [2.05, 4.69) is 15.9 Å². The summed E-state index contributed by atoms with van der Waals surface area (Å²) in [5.41, 5.74) is -0.689. The van der Waals surface area contributed by atoms with E-state index in [1.165, 1.54) is 13.8 Å². The number of hydrogen-bond acceptors (Lipinski definition) is 0. The first-order valence-electron chi connectivity index (χ1n) is 3.55. The van der Waals surface area contributed by atoms with Crippen molar-refractivity contribution in [1.29, 1.82) is 0 Å². The highest BCUT2D eigenvalue weighted by molar-refractivity contribution is 9.10. The van der Waals surface area contributed by atoms with Crippen molar-refractivity contribution in [3.05, 3.63) is 33.3 Å². The van der Waals surface area contributed by atoms with Gasteiger partial charge in [-0.2, -0.15) is 0 Å². The van der Waals surface area contributed by atoms with Gasteiger partial charge >= 0.3 is 0 Å². The van der Waals surface area contributed by atoms with Crippen molar-refractivity contribution >= 4 is 27.5 Å². The molecule has 0 atom stereocenters. The zero-order valence-electron chi connectivity index (χ0n) is 6.87. The minimum Gasteiger partial charge on any atom is -0.239 e. The van der Waals surface area contributed by atoms with Gasteiger partial charge in [-0.25, -0.2) is 4.39 Å². The zero-order valence-corrected chi connectivity index (χ0v) is 9.21. The average Bonchev–Trinajstić information content (AvgIpc) is 1.92. The maximum atomic E-state index is 13.4. The molecule has 0 radical (unpaired) electrons. The molecule has 66 valence electrons. The molecule has 0 unspecified atom stereocenters. The molecular formula is C9H9BrClF. The predicted molar refractivity (Wildman–Crippen MR) is 53.3 cm³/mol. The second kappa shape index (κ2) is 3.35. The van der Waals surface area contributed by atoms with Crippen molar-refractivity contribution in [2.24, 2.45) is 0 Å². The molecule has 0 N–H and O–H groups in total. The van der Waals surface area contributed by atoms with Crippen LogP contribution in [-0.4, -0.2) is 0 Å². The van der Waals surface area contributed by atoms with Gasteiger partial charge in [0.15, 0.2) is 0 Å². The number of halogens is 3. The largest absolute Gasteiger partial charge is 0.239 e. The summed E-state index contributed by atoms with van der Waals surface area (Å²) in [4.78, 5) is 0. The highest BCUT2D eigenvalue weighted by Crippen LogP contribution is 2.30. The third-order valence-corrected chi connectivity index (χ3v) is 2.82. The Balaban J connectivity index is 3.14. The van der Waals surface area contributed by atoms with E-state index in [4.69, 9.17) is 11.6 Å². The SMILES string of the molecule is CC(C)(F)c1ccc(Cl)c(Br)c1. The molecule has 1 aromatic carbocycles. The molecule has 0 aliphatic heterocycles. The van der Waals surface area contributed by atoms with Gasteiger partial charge in [-0.3, -0.25) is 0 Å². The molecule has 1 rings (SSSR count). The van der Waals surface area contributed by atoms with Gasteiger partial charge in [0.1, 0.15) is 5.67 Å². The molecule has 0 spiro atoms. The Kier molecular flexibility index (Phi) is 2.79. The van der Waals surface area contributed by atoms with E-state index in [0.717, 1.165) is 4.47 Å². The minimum atomic E-state index is -1.31. The molecular weight excluding hydrogens is 242 g/mol. The summed E-state index contributed by atoms with van der Waals surface area (Å²) < 4.78 is 14.1. The van der Waals surface area contributed by atoms with Crippen LogP contribution in [0.15, 0.2) is 22.7 Å². The summed E-state index contributed by atoms with van der Waals surface area (Å²) in [6.07, 6.45) is 0. The Morgan fingerprint density at radius 1 is 1.42 bits per heavy atom. The van der Waals surface area contributed by atoms with Crippen molar-refractivity contribution in [3.8, 4) is 0 Å². The van der Waals surface area contributed by atoms with Gasteiger partial charge in [-0.15, -0.1) is 0 Å². The lowest BCUT2D eigenvalue weighted by atomic mass is 10.0. The maximum Gasteiger partial charge on any atom is 0.130 e. The summed E-state index contributed by atoms with van der Waals surface area (Å²) in [5, 5.41) is 0.600. The first-order chi connectivity index (χ1) is 5.41. The second-order valence-electron chi connectivity index (χ2n) is 3.10. The van der Waals surface area contributed by atoms with Gasteiger partial charge in [-0.1, -0.05) is 17.7 Å². The Morgan fingerprint density at radius 2 is 2.00 bits per heavy atom. The van der Waals surface area contributed by atoms with Gasteiger partial charge in [0.25, 0.3) is 0 Å². The van der Waals surface area contributed by atoms with Crippen molar-refractivity contribution in [2.45, 2.75) is 19.5 Å². The van der Waals surface area contributed by atoms with Gasteiger partial charge in [-0.05, 0) is 47.5 Å². The molecule has 0 saturated heterocycles. The Bertz CT molecular complexity index is 291. The van der Waals surface area contributed by atoms with Crippen LogP contribution in [0.25, 0.3) is 0 Å². The van der Waals surface area contributed by atoms with Crippen molar-refractivity contribution < 1.29 is 4.39 Å². The van der Waals surface area contributed by atoms with Gasteiger partial charge in [0, 0.05) is 4.47 Å². The fourth-order valence-electron chi connectivity index (χ4n) is 0.866. The Labute approximate surface area is 84.9 Å². The highest BCUT2D eigenvalue weighted by atomic mass is 79.9. The van der Waals surface area contributed by atoms with Crippen LogP contribution in [0.3, 0.4) is 0 Å². The van der Waals surface area contributed by atoms with Crippen LogP contribution in [0.4, 0.5) is 4.39 Å². The van der Waals surface area contributed by atoms with Crippen LogP contribution in [-0.2, 0) is 5.67 Å². The van der Waals surface area contributed by atoms with E-state index < -0.39 is 5.67 Å². The van der Waals surface area contributed by atoms with E-state index in [1.807, 2.05) is 0 Å². The van der Waals surface area contributed by atoms with E-state index in [-0.39, 0.29) is 0 Å². The van der Waals surface area contributed by atoms with Crippen LogP contribution in [0.2, 0.25) is 5.02 Å². The lowest BCUT2D eigenvalue weighted by molar-refractivity contribution is 0.221. The first kappa shape index (κ1) is 10.0. The number of hydrogen-bond donors (Lipinski definition) is 0. The summed E-state index contributed by atoms with van der Waals surface area (Å²) in [5.74, 6) is 0. The standard InChI is InChI=1S/C9H9BrClF/c1-9(2,12)6-3-4-8(11)7(10)5-6/h3-5H,1-2H3. The van der Waals surface area contributed by atoms with Crippen molar-refractivity contribution in [3.63, 3.8) is 0 Å². The lowest BCUT2D eigenvalue weighted by Gasteiger charge is -2.14. The molecule has 12 heavy (non-hydrogen) atoms. The molecule has 0 saturated carbocycles. The highest BCUT2D eigenvalue weighted by Gasteiger charge is 2.18. The molecule has 0 aliphatic carbocycles. The molecule has 0 bridgehead atoms. The number of benzene rings is 1. The molecule has 0 heterocycles. The van der Waals surface area contributed by atoms with E-state index in [0.29, 0.717) is 10.6 Å². The third-order valence-electron chi connectivity index (χ3n) is 1.61. The fourth-order valence-corrected chi connectivity index (χ4v) is 1.36. The summed E-state index contributed by atoms with van der Waals surface area (Å²) in [7, 11) is 0. The summed E-state index contributed by atoms with van der Waals surface area (Å²) >= 11 is 9.00. The smallest absolute Gasteiger partial charge is 0.130 e. The molecule has 0 amide bonds. The van der Waals surface area contributed by atoms with Gasteiger partial charge in [0.05, 0.1) is 5.02 Å². The quantitative estimate of drug-likeness (QED) is 0.698. The van der Waals surface area contributed by atoms with Crippen molar-refractivity contribution in [1.82, 2.24) is 0 Å². The average molecular weight is 252 g/mol. The Morgan fingerprint density at radius 3 is 2.42 bits per heavy atom. The lowest BCUT2D eigenvalue weighted by Crippen LogP contribution is -2.08. The summed E-state index contributed by atoms with van der Waals surface area (Å²) in [6.45, 7) is 3.03. The van der Waals surface area contributed by atoms with E-state index in [9.17, 15) is 4.39 Å². The topological polar surface area (TPSA) is 0 Å². The summed E-state index contributed by atoms with van der Waals surface area (Å²) in [6, 6.07) is 5.07. The molecule has 0 nitrogen and oxygen atoms in total. The molecule has 1 aromatic rings. The van der Waals surface area contributed by atoms with Gasteiger partial charge < -0.3 is 0 Å². The van der Waals surface area contributed by atoms with E-state index in [1.54, 1.807) is 18.2 Å². The number of rotatable bonds is 1. The molecule has 0 fully saturated rings. The number of alkyl halides is 1. The van der Waals surface area contributed by atoms with Crippen LogP contribution in [0.5, 0.6) is 0 Å². The second-order valence-corrected chi connectivity index (χ2v) is 4.36. The molecule has 0 aromatic heterocycles. The molecule has 3 heteroatoms. The zero-order chi connectivity index (χ0) is 9.35. The minimum absolute atomic E-state index is 0.600. The Hall–Kier alpha value is -0.0800. The van der Waals surface area contributed by atoms with Crippen LogP contribution in [0, 0.1) is 0 Å². The van der Waals surface area contributed by atoms with Gasteiger partial charge in [0.2, 0.25) is 0 Å². The van der Waals surface area contributed by atoms with E-state index >= 15 is 0 Å². The van der Waals surface area contributed by atoms with Crippen molar-refractivity contribution in [2.75, 3.05) is 0 Å². The molecule has 0 aliphatic rings. The maximum absolute atomic E-state index is 13.4. The fraction of sp³-hybridized carbons (Fsp3) is 0.333. The monoisotopic (exact) mass is 250 g/mol. The normalized spacial score (nSPS) is 11.8. The first-order valence-corrected chi connectivity index (χ1v) is 4.73. The predicted octanol–water partition coefficient (Wildman–Crippen LogP) is 4.31. The van der Waals surface area contributed by atoms with Crippen LogP contribution < -0.4 is 0 Å². The third kappa shape index (κ3) is 2.20. The van der Waals surface area contributed by atoms with Crippen LogP contribution in [0.1, 0.15) is 19.4 Å². The van der Waals surface area contributed by atoms with Crippen LogP contribution >= 0.6 is 27.5 Å².